The maximum atomic E-state index is 12.6. The SMILES string of the molecule is CCOc1ccc2c(c1)c(NCC(=O)NC1CN(C3CCC(O)(c4ccc(C)nc4)CC3)C1)nn2C. The van der Waals surface area contributed by atoms with Crippen molar-refractivity contribution in [1.29, 1.82) is 0 Å². The minimum atomic E-state index is -0.777. The smallest absolute Gasteiger partial charge is 0.239 e. The average Bonchev–Trinajstić information content (AvgIpc) is 3.16. The predicted molar refractivity (Wildman–Crippen MR) is 139 cm³/mol. The third-order valence-electron chi connectivity index (χ3n) is 7.57. The van der Waals surface area contributed by atoms with E-state index < -0.39 is 5.60 Å². The zero-order chi connectivity index (χ0) is 25.3. The van der Waals surface area contributed by atoms with Crippen LogP contribution in [0.5, 0.6) is 5.75 Å². The standard InChI is InChI=1S/C27H36N6O3/c1-4-36-22-7-8-24-23(13-22)26(31-32(24)3)29-15-25(34)30-20-16-33(17-20)21-9-11-27(35,12-10-21)19-6-5-18(2)28-14-19/h5-8,13-14,20-21,35H,4,9-12,15-17H2,1-3H3,(H,29,31)(H,30,34). The fourth-order valence-corrected chi connectivity index (χ4v) is 5.45. The van der Waals surface area contributed by atoms with E-state index in [4.69, 9.17) is 4.74 Å². The van der Waals surface area contributed by atoms with Gasteiger partial charge in [-0.2, -0.15) is 5.10 Å². The fourth-order valence-electron chi connectivity index (χ4n) is 5.45. The molecule has 1 aliphatic heterocycles. The van der Waals surface area contributed by atoms with Gasteiger partial charge in [0.2, 0.25) is 5.91 Å². The van der Waals surface area contributed by atoms with Crippen molar-refractivity contribution < 1.29 is 14.6 Å². The number of rotatable bonds is 8. The number of pyridine rings is 1. The molecule has 1 amide bonds. The second kappa shape index (κ2) is 10.1. The molecule has 0 bridgehead atoms. The summed E-state index contributed by atoms with van der Waals surface area (Å²) < 4.78 is 7.41. The molecule has 3 heterocycles. The van der Waals surface area contributed by atoms with Crippen LogP contribution in [-0.4, -0.2) is 69.0 Å². The molecular formula is C27H36N6O3. The lowest BCUT2D eigenvalue weighted by atomic mass is 9.77. The number of nitrogens with zero attached hydrogens (tertiary/aromatic N) is 4. The van der Waals surface area contributed by atoms with Crippen molar-refractivity contribution in [3.8, 4) is 5.75 Å². The molecule has 0 spiro atoms. The van der Waals surface area contributed by atoms with Crippen molar-refractivity contribution in [3.05, 3.63) is 47.8 Å². The zero-order valence-corrected chi connectivity index (χ0v) is 21.3. The van der Waals surface area contributed by atoms with E-state index in [2.05, 4.69) is 25.6 Å². The maximum Gasteiger partial charge on any atom is 0.239 e. The van der Waals surface area contributed by atoms with Crippen LogP contribution in [0.2, 0.25) is 0 Å². The Kier molecular flexibility index (Phi) is 6.85. The number of aryl methyl sites for hydroxylation is 2. The number of carbonyl (C=O) groups excluding carboxylic acids is 1. The summed E-state index contributed by atoms with van der Waals surface area (Å²) in [6, 6.07) is 10.4. The van der Waals surface area contributed by atoms with E-state index in [-0.39, 0.29) is 18.5 Å². The van der Waals surface area contributed by atoms with Gasteiger partial charge < -0.3 is 20.5 Å². The summed E-state index contributed by atoms with van der Waals surface area (Å²) in [5.41, 5.74) is 2.08. The van der Waals surface area contributed by atoms with Gasteiger partial charge in [-0.1, -0.05) is 6.07 Å². The van der Waals surface area contributed by atoms with Gasteiger partial charge in [-0.3, -0.25) is 19.4 Å². The third kappa shape index (κ3) is 5.03. The van der Waals surface area contributed by atoms with Crippen molar-refractivity contribution in [2.45, 2.75) is 57.2 Å². The summed E-state index contributed by atoms with van der Waals surface area (Å²) in [5, 5.41) is 22.9. The molecule has 5 rings (SSSR count). The highest BCUT2D eigenvalue weighted by Crippen LogP contribution is 2.39. The van der Waals surface area contributed by atoms with Gasteiger partial charge in [-0.05, 0) is 63.8 Å². The van der Waals surface area contributed by atoms with Crippen molar-refractivity contribution in [3.63, 3.8) is 0 Å². The summed E-state index contributed by atoms with van der Waals surface area (Å²) in [6.07, 6.45) is 5.18. The van der Waals surface area contributed by atoms with Gasteiger partial charge in [-0.15, -0.1) is 0 Å². The fraction of sp³-hybridized carbons (Fsp3) is 0.519. The second-order valence-electron chi connectivity index (χ2n) is 10.1. The third-order valence-corrected chi connectivity index (χ3v) is 7.57. The molecule has 192 valence electrons. The van der Waals surface area contributed by atoms with E-state index in [1.54, 1.807) is 4.68 Å². The highest BCUT2D eigenvalue weighted by Gasteiger charge is 2.40. The number of aliphatic hydroxyl groups is 1. The number of anilines is 1. The van der Waals surface area contributed by atoms with E-state index in [0.717, 1.165) is 66.7 Å². The van der Waals surface area contributed by atoms with Crippen LogP contribution in [0.4, 0.5) is 5.82 Å². The monoisotopic (exact) mass is 492 g/mol. The van der Waals surface area contributed by atoms with Gasteiger partial charge in [0.25, 0.3) is 0 Å². The molecule has 2 fully saturated rings. The van der Waals surface area contributed by atoms with Gasteiger partial charge in [0, 0.05) is 49.0 Å². The Labute approximate surface area is 211 Å². The van der Waals surface area contributed by atoms with Crippen molar-refractivity contribution in [1.82, 2.24) is 25.0 Å². The van der Waals surface area contributed by atoms with Crippen LogP contribution >= 0.6 is 0 Å². The number of benzene rings is 1. The van der Waals surface area contributed by atoms with Crippen molar-refractivity contribution >= 4 is 22.6 Å². The Morgan fingerprint density at radius 2 is 2.00 bits per heavy atom. The molecule has 9 nitrogen and oxygen atoms in total. The summed E-state index contributed by atoms with van der Waals surface area (Å²) in [4.78, 5) is 19.4. The van der Waals surface area contributed by atoms with Crippen LogP contribution in [0.25, 0.3) is 10.9 Å². The largest absolute Gasteiger partial charge is 0.494 e. The number of amides is 1. The lowest BCUT2D eigenvalue weighted by molar-refractivity contribution is -0.121. The van der Waals surface area contributed by atoms with Gasteiger partial charge in [0.15, 0.2) is 5.82 Å². The first kappa shape index (κ1) is 24.5. The minimum absolute atomic E-state index is 0.0377. The summed E-state index contributed by atoms with van der Waals surface area (Å²) in [6.45, 7) is 6.38. The molecule has 3 N–H and O–H groups in total. The molecule has 0 radical (unpaired) electrons. The van der Waals surface area contributed by atoms with Crippen LogP contribution in [0.3, 0.4) is 0 Å². The molecule has 1 saturated carbocycles. The second-order valence-corrected chi connectivity index (χ2v) is 10.1. The molecular weight excluding hydrogens is 456 g/mol. The maximum absolute atomic E-state index is 12.6. The molecule has 0 atom stereocenters. The van der Waals surface area contributed by atoms with E-state index in [9.17, 15) is 9.90 Å². The molecule has 2 aliphatic rings. The zero-order valence-electron chi connectivity index (χ0n) is 21.3. The molecule has 1 aromatic carbocycles. The van der Waals surface area contributed by atoms with E-state index in [1.165, 1.54) is 0 Å². The van der Waals surface area contributed by atoms with E-state index >= 15 is 0 Å². The molecule has 1 saturated heterocycles. The Morgan fingerprint density at radius 1 is 1.22 bits per heavy atom. The van der Waals surface area contributed by atoms with Crippen molar-refractivity contribution in [2.24, 2.45) is 7.05 Å². The number of aromatic nitrogens is 3. The minimum Gasteiger partial charge on any atom is -0.494 e. The molecule has 36 heavy (non-hydrogen) atoms. The molecule has 0 unspecified atom stereocenters. The molecule has 2 aromatic heterocycles. The number of fused-ring (bicyclic) bond motifs is 1. The normalized spacial score (nSPS) is 22.8. The van der Waals surface area contributed by atoms with Gasteiger partial charge in [0.1, 0.15) is 5.75 Å². The van der Waals surface area contributed by atoms with Crippen LogP contribution in [0.15, 0.2) is 36.5 Å². The van der Waals surface area contributed by atoms with Crippen LogP contribution in [0.1, 0.15) is 43.9 Å². The Balaban J connectivity index is 1.07. The van der Waals surface area contributed by atoms with Crippen LogP contribution < -0.4 is 15.4 Å². The van der Waals surface area contributed by atoms with Crippen molar-refractivity contribution in [2.75, 3.05) is 31.6 Å². The Bertz CT molecular complexity index is 1210. The van der Waals surface area contributed by atoms with Gasteiger partial charge >= 0.3 is 0 Å². The van der Waals surface area contributed by atoms with E-state index in [0.29, 0.717) is 18.5 Å². The Morgan fingerprint density at radius 3 is 2.69 bits per heavy atom. The lowest BCUT2D eigenvalue weighted by Crippen LogP contribution is -2.63. The highest BCUT2D eigenvalue weighted by molar-refractivity contribution is 5.93. The predicted octanol–water partition coefficient (Wildman–Crippen LogP) is 2.72. The number of nitrogens with one attached hydrogen (secondary N) is 2. The average molecular weight is 493 g/mol. The summed E-state index contributed by atoms with van der Waals surface area (Å²) in [7, 11) is 1.89. The van der Waals surface area contributed by atoms with Gasteiger partial charge in [-0.25, -0.2) is 0 Å². The quantitative estimate of drug-likeness (QED) is 0.444. The van der Waals surface area contributed by atoms with Crippen LogP contribution in [-0.2, 0) is 17.4 Å². The number of likely N-dealkylation sites (tertiary alicyclic amines) is 1. The number of carbonyl (C=O) groups is 1. The van der Waals surface area contributed by atoms with Crippen LogP contribution in [0, 0.1) is 6.92 Å². The number of hydrogen-bond donors (Lipinski definition) is 3. The number of hydrogen-bond acceptors (Lipinski definition) is 7. The Hall–Kier alpha value is -3.17. The first-order valence-electron chi connectivity index (χ1n) is 12.9. The number of ether oxygens (including phenoxy) is 1. The molecule has 1 aliphatic carbocycles. The first-order chi connectivity index (χ1) is 17.3. The summed E-state index contributed by atoms with van der Waals surface area (Å²) >= 11 is 0. The summed E-state index contributed by atoms with van der Waals surface area (Å²) in [5.74, 6) is 1.43. The highest BCUT2D eigenvalue weighted by atomic mass is 16.5. The van der Waals surface area contributed by atoms with E-state index in [1.807, 2.05) is 57.4 Å². The first-order valence-corrected chi connectivity index (χ1v) is 12.9. The molecule has 9 heteroatoms. The van der Waals surface area contributed by atoms with Gasteiger partial charge in [0.05, 0.1) is 30.3 Å². The molecule has 3 aromatic rings. The topological polar surface area (TPSA) is 105 Å². The lowest BCUT2D eigenvalue weighted by Gasteiger charge is -2.48.